The second-order valence-corrected chi connectivity index (χ2v) is 3.55. The van der Waals surface area contributed by atoms with Crippen LogP contribution in [0.4, 0.5) is 11.4 Å². The van der Waals surface area contributed by atoms with Gasteiger partial charge in [0.05, 0.1) is 5.56 Å². The zero-order valence-corrected chi connectivity index (χ0v) is 9.77. The highest BCUT2D eigenvalue weighted by molar-refractivity contribution is 5.92. The van der Waals surface area contributed by atoms with E-state index in [0.717, 1.165) is 0 Å². The third-order valence-corrected chi connectivity index (χ3v) is 2.43. The molecule has 0 unspecified atom stereocenters. The van der Waals surface area contributed by atoms with E-state index in [2.05, 4.69) is 0 Å². The summed E-state index contributed by atoms with van der Waals surface area (Å²) >= 11 is 0. The summed E-state index contributed by atoms with van der Waals surface area (Å²) in [5, 5.41) is 9.08. The molecule has 17 heavy (non-hydrogen) atoms. The predicted octanol–water partition coefficient (Wildman–Crippen LogP) is 0.711. The Morgan fingerprint density at radius 1 is 1.35 bits per heavy atom. The van der Waals surface area contributed by atoms with Crippen LogP contribution in [0.25, 0.3) is 0 Å². The summed E-state index contributed by atoms with van der Waals surface area (Å²) < 4.78 is 10.0. The molecule has 0 atom stereocenters. The Labute approximate surface area is 99.1 Å². The smallest absolute Gasteiger partial charge is 0.336 e. The standard InChI is InChI=1S/C11H16N2O4/c1-16-10(17-2)5-7-8(11(14)15)3-6(12)4-9(7)13/h3-4,10H,5,12-13H2,1-2H3,(H,14,15). The lowest BCUT2D eigenvalue weighted by Gasteiger charge is -2.16. The molecule has 0 radical (unpaired) electrons. The lowest BCUT2D eigenvalue weighted by molar-refractivity contribution is -0.100. The number of hydrogen-bond donors (Lipinski definition) is 3. The molecule has 1 rings (SSSR count). The van der Waals surface area contributed by atoms with Gasteiger partial charge in [-0.25, -0.2) is 4.79 Å². The quantitative estimate of drug-likeness (QED) is 0.516. The van der Waals surface area contributed by atoms with Gasteiger partial charge in [0.2, 0.25) is 0 Å². The molecule has 0 amide bonds. The number of nitrogen functional groups attached to an aromatic ring is 2. The minimum Gasteiger partial charge on any atom is -0.478 e. The first kappa shape index (κ1) is 13.3. The highest BCUT2D eigenvalue weighted by atomic mass is 16.7. The number of methoxy groups -OCH3 is 2. The van der Waals surface area contributed by atoms with Crippen molar-refractivity contribution >= 4 is 17.3 Å². The van der Waals surface area contributed by atoms with Crippen LogP contribution >= 0.6 is 0 Å². The summed E-state index contributed by atoms with van der Waals surface area (Å²) in [6.07, 6.45) is -0.292. The SMILES string of the molecule is COC(Cc1c(N)cc(N)cc1C(=O)O)OC. The van der Waals surface area contributed by atoms with Crippen molar-refractivity contribution in [2.45, 2.75) is 12.7 Å². The highest BCUT2D eigenvalue weighted by Gasteiger charge is 2.18. The number of hydrogen-bond acceptors (Lipinski definition) is 5. The van der Waals surface area contributed by atoms with Gasteiger partial charge in [0.25, 0.3) is 0 Å². The minimum atomic E-state index is -1.08. The fraction of sp³-hybridized carbons (Fsp3) is 0.364. The lowest BCUT2D eigenvalue weighted by Crippen LogP contribution is -2.19. The van der Waals surface area contributed by atoms with Crippen LogP contribution in [0, 0.1) is 0 Å². The van der Waals surface area contributed by atoms with Crippen LogP contribution < -0.4 is 11.5 Å². The van der Waals surface area contributed by atoms with E-state index in [0.29, 0.717) is 16.9 Å². The zero-order valence-electron chi connectivity index (χ0n) is 9.77. The first-order valence-corrected chi connectivity index (χ1v) is 4.96. The summed E-state index contributed by atoms with van der Waals surface area (Å²) in [6.45, 7) is 0. The number of carboxylic acid groups (broad SMARTS) is 1. The van der Waals surface area contributed by atoms with E-state index in [1.807, 2.05) is 0 Å². The van der Waals surface area contributed by atoms with E-state index >= 15 is 0 Å². The van der Waals surface area contributed by atoms with Gasteiger partial charge < -0.3 is 26.0 Å². The molecule has 0 aliphatic heterocycles. The second kappa shape index (κ2) is 5.51. The molecule has 0 saturated heterocycles. The number of ether oxygens (including phenoxy) is 2. The third kappa shape index (κ3) is 3.08. The van der Waals surface area contributed by atoms with Crippen LogP contribution in [0.15, 0.2) is 12.1 Å². The predicted molar refractivity (Wildman–Crippen MR) is 63.7 cm³/mol. The average Bonchev–Trinajstić information content (AvgIpc) is 2.27. The number of nitrogens with two attached hydrogens (primary N) is 2. The van der Waals surface area contributed by atoms with Crippen molar-refractivity contribution in [1.29, 1.82) is 0 Å². The van der Waals surface area contributed by atoms with Crippen LogP contribution in [0.5, 0.6) is 0 Å². The van der Waals surface area contributed by atoms with Crippen molar-refractivity contribution in [2.24, 2.45) is 0 Å². The summed E-state index contributed by atoms with van der Waals surface area (Å²) in [4.78, 5) is 11.1. The molecule has 0 bridgehead atoms. The van der Waals surface area contributed by atoms with Crippen molar-refractivity contribution in [1.82, 2.24) is 0 Å². The van der Waals surface area contributed by atoms with Gasteiger partial charge in [-0.2, -0.15) is 0 Å². The van der Waals surface area contributed by atoms with Crippen LogP contribution in [-0.4, -0.2) is 31.6 Å². The van der Waals surface area contributed by atoms with Gasteiger partial charge in [-0.05, 0) is 17.7 Å². The fourth-order valence-corrected chi connectivity index (χ4v) is 1.57. The fourth-order valence-electron chi connectivity index (χ4n) is 1.57. The number of aromatic carboxylic acids is 1. The maximum Gasteiger partial charge on any atom is 0.336 e. The molecule has 0 heterocycles. The van der Waals surface area contributed by atoms with Crippen LogP contribution in [0.2, 0.25) is 0 Å². The summed E-state index contributed by atoms with van der Waals surface area (Å²) in [5.41, 5.74) is 12.5. The minimum absolute atomic E-state index is 0.0709. The van der Waals surface area contributed by atoms with Crippen molar-refractivity contribution in [2.75, 3.05) is 25.7 Å². The van der Waals surface area contributed by atoms with Crippen molar-refractivity contribution in [3.05, 3.63) is 23.3 Å². The van der Waals surface area contributed by atoms with E-state index in [1.165, 1.54) is 26.4 Å². The van der Waals surface area contributed by atoms with Gasteiger partial charge in [-0.15, -0.1) is 0 Å². The molecule has 0 spiro atoms. The monoisotopic (exact) mass is 240 g/mol. The van der Waals surface area contributed by atoms with Crippen LogP contribution in [0.3, 0.4) is 0 Å². The molecule has 1 aromatic carbocycles. The molecule has 5 N–H and O–H groups in total. The van der Waals surface area contributed by atoms with Gasteiger partial charge >= 0.3 is 5.97 Å². The van der Waals surface area contributed by atoms with Gasteiger partial charge in [-0.1, -0.05) is 0 Å². The summed E-state index contributed by atoms with van der Waals surface area (Å²) in [5.74, 6) is -1.08. The number of rotatable bonds is 5. The number of anilines is 2. The topological polar surface area (TPSA) is 108 Å². The normalized spacial score (nSPS) is 10.8. The Bertz CT molecular complexity index is 416. The van der Waals surface area contributed by atoms with Crippen molar-refractivity contribution < 1.29 is 19.4 Å². The molecule has 1 aromatic rings. The molecule has 0 fully saturated rings. The van der Waals surface area contributed by atoms with Crippen molar-refractivity contribution in [3.8, 4) is 0 Å². The van der Waals surface area contributed by atoms with Crippen LogP contribution in [-0.2, 0) is 15.9 Å². The van der Waals surface area contributed by atoms with Crippen LogP contribution in [0.1, 0.15) is 15.9 Å². The number of benzene rings is 1. The number of carbonyl (C=O) groups is 1. The third-order valence-electron chi connectivity index (χ3n) is 2.43. The average molecular weight is 240 g/mol. The largest absolute Gasteiger partial charge is 0.478 e. The molecule has 6 nitrogen and oxygen atoms in total. The van der Waals surface area contributed by atoms with Crippen molar-refractivity contribution in [3.63, 3.8) is 0 Å². The second-order valence-electron chi connectivity index (χ2n) is 3.55. The van der Waals surface area contributed by atoms with E-state index in [4.69, 9.17) is 26.0 Å². The van der Waals surface area contributed by atoms with Gasteiger partial charge in [0, 0.05) is 32.0 Å². The molecular weight excluding hydrogens is 224 g/mol. The Morgan fingerprint density at radius 3 is 2.41 bits per heavy atom. The molecule has 0 aliphatic rings. The zero-order chi connectivity index (χ0) is 13.0. The Balaban J connectivity index is 3.16. The summed E-state index contributed by atoms with van der Waals surface area (Å²) in [7, 11) is 2.95. The molecule has 6 heteroatoms. The maximum absolute atomic E-state index is 11.1. The summed E-state index contributed by atoms with van der Waals surface area (Å²) in [6, 6.07) is 2.89. The Kier molecular flexibility index (Phi) is 4.30. The van der Waals surface area contributed by atoms with E-state index in [1.54, 1.807) is 0 Å². The maximum atomic E-state index is 11.1. The lowest BCUT2D eigenvalue weighted by atomic mass is 10.0. The van der Waals surface area contributed by atoms with Gasteiger partial charge in [-0.3, -0.25) is 0 Å². The molecule has 94 valence electrons. The number of carboxylic acids is 1. The van der Waals surface area contributed by atoms with E-state index in [9.17, 15) is 4.79 Å². The van der Waals surface area contributed by atoms with E-state index < -0.39 is 12.3 Å². The Morgan fingerprint density at radius 2 is 1.94 bits per heavy atom. The first-order chi connectivity index (χ1) is 7.99. The highest BCUT2D eigenvalue weighted by Crippen LogP contribution is 2.23. The Hall–Kier alpha value is -1.79. The molecule has 0 aliphatic carbocycles. The van der Waals surface area contributed by atoms with E-state index in [-0.39, 0.29) is 12.0 Å². The van der Waals surface area contributed by atoms with Gasteiger partial charge in [0.15, 0.2) is 6.29 Å². The molecule has 0 saturated carbocycles. The van der Waals surface area contributed by atoms with Gasteiger partial charge in [0.1, 0.15) is 0 Å². The molecule has 0 aromatic heterocycles. The molecular formula is C11H16N2O4. The first-order valence-electron chi connectivity index (χ1n) is 4.96.